The lowest BCUT2D eigenvalue weighted by Gasteiger charge is -2.04. The number of fused-ring (bicyclic) bond motifs is 6. The van der Waals surface area contributed by atoms with Crippen LogP contribution in [0.4, 0.5) is 0 Å². The van der Waals surface area contributed by atoms with Gasteiger partial charge in [0.25, 0.3) is 0 Å². The maximum absolute atomic E-state index is 6.16. The first kappa shape index (κ1) is 17.1. The summed E-state index contributed by atoms with van der Waals surface area (Å²) < 4.78 is 0. The molecule has 2 aliphatic rings. The van der Waals surface area contributed by atoms with Crippen molar-refractivity contribution in [2.24, 2.45) is 0 Å². The van der Waals surface area contributed by atoms with Crippen LogP contribution in [0, 0.1) is 0 Å². The molecule has 0 saturated heterocycles. The average Bonchev–Trinajstić information content (AvgIpc) is 3.22. The molecule has 0 heterocycles. The Morgan fingerprint density at radius 3 is 0.821 bits per heavy atom. The molecule has 0 unspecified atom stereocenters. The first-order valence-corrected chi connectivity index (χ1v) is 9.63. The van der Waals surface area contributed by atoms with Crippen LogP contribution in [0.2, 0.25) is 0 Å². The molecule has 0 bridgehead atoms. The second-order valence-corrected chi connectivity index (χ2v) is 7.30. The Morgan fingerprint density at radius 2 is 0.571 bits per heavy atom. The van der Waals surface area contributed by atoms with E-state index in [1.165, 1.54) is 44.5 Å². The molecule has 0 fully saturated rings. The van der Waals surface area contributed by atoms with Crippen molar-refractivity contribution in [3.05, 3.63) is 119 Å². The normalized spacial score (nSPS) is 13.7. The Balaban J connectivity index is 0.000000122. The predicted molar refractivity (Wildman–Crippen MR) is 119 cm³/mol. The van der Waals surface area contributed by atoms with Crippen molar-refractivity contribution in [1.82, 2.24) is 0 Å². The molecule has 4 radical (unpaired) electrons. The standard InChI is InChI=1S/2C13H9B/c2*14-13-11-7-3-1-5-9(11)10-6-2-4-8-12(10)13/h2*1-8,13H. The van der Waals surface area contributed by atoms with Gasteiger partial charge in [-0.2, -0.15) is 0 Å². The molecule has 0 amide bonds. The molecular weight excluding hydrogens is 334 g/mol. The Kier molecular flexibility index (Phi) is 4.20. The molecule has 2 heteroatoms. The first-order valence-electron chi connectivity index (χ1n) is 9.63. The summed E-state index contributed by atoms with van der Waals surface area (Å²) in [6, 6.07) is 33.4. The lowest BCUT2D eigenvalue weighted by atomic mass is 9.79. The lowest BCUT2D eigenvalue weighted by Crippen LogP contribution is -1.93. The minimum absolute atomic E-state index is 0.0578. The molecule has 0 aromatic heterocycles. The Hall–Kier alpha value is -2.99. The Bertz CT molecular complexity index is 978. The maximum atomic E-state index is 6.16. The smallest absolute Gasteiger partial charge is 0.0620 e. The highest BCUT2D eigenvalue weighted by Crippen LogP contribution is 2.43. The molecule has 128 valence electrons. The summed E-state index contributed by atoms with van der Waals surface area (Å²) in [5.41, 5.74) is 10.1. The summed E-state index contributed by atoms with van der Waals surface area (Å²) >= 11 is 0. The van der Waals surface area contributed by atoms with Gasteiger partial charge >= 0.3 is 0 Å². The van der Waals surface area contributed by atoms with Gasteiger partial charge in [-0.15, -0.1) is 0 Å². The SMILES string of the molecule is [B]C1c2ccccc2-c2ccccc21.[B]C1c2ccccc2-c2ccccc21. The van der Waals surface area contributed by atoms with E-state index in [0.717, 1.165) is 0 Å². The van der Waals surface area contributed by atoms with Gasteiger partial charge in [0.1, 0.15) is 0 Å². The molecule has 6 rings (SSSR count). The topological polar surface area (TPSA) is 0 Å². The van der Waals surface area contributed by atoms with E-state index in [4.69, 9.17) is 15.7 Å². The van der Waals surface area contributed by atoms with Crippen LogP contribution in [0.5, 0.6) is 0 Å². The first-order chi connectivity index (χ1) is 13.8. The van der Waals surface area contributed by atoms with Crippen LogP contribution in [0.1, 0.15) is 33.9 Å². The monoisotopic (exact) mass is 352 g/mol. The molecule has 2 aliphatic carbocycles. The Morgan fingerprint density at radius 1 is 0.357 bits per heavy atom. The summed E-state index contributed by atoms with van der Waals surface area (Å²) in [4.78, 5) is 0. The van der Waals surface area contributed by atoms with Gasteiger partial charge in [0.2, 0.25) is 0 Å². The zero-order valence-electron chi connectivity index (χ0n) is 15.5. The minimum Gasteiger partial charge on any atom is -0.0620 e. The fraction of sp³-hybridized carbons (Fsp3) is 0.0769. The molecule has 28 heavy (non-hydrogen) atoms. The van der Waals surface area contributed by atoms with Crippen LogP contribution in [-0.4, -0.2) is 15.7 Å². The van der Waals surface area contributed by atoms with E-state index in [-0.39, 0.29) is 11.6 Å². The van der Waals surface area contributed by atoms with Gasteiger partial charge in [-0.1, -0.05) is 97.1 Å². The van der Waals surface area contributed by atoms with E-state index in [9.17, 15) is 0 Å². The quantitative estimate of drug-likeness (QED) is 0.348. The van der Waals surface area contributed by atoms with E-state index in [2.05, 4.69) is 72.8 Å². The zero-order chi connectivity index (χ0) is 19.1. The van der Waals surface area contributed by atoms with Gasteiger partial charge in [-0.05, 0) is 56.1 Å². The second kappa shape index (κ2) is 6.87. The molecule has 0 spiro atoms. The van der Waals surface area contributed by atoms with E-state index in [0.29, 0.717) is 0 Å². The fourth-order valence-electron chi connectivity index (χ4n) is 4.39. The summed E-state index contributed by atoms with van der Waals surface area (Å²) in [5, 5.41) is 0. The predicted octanol–water partition coefficient (Wildman–Crippen LogP) is 5.85. The highest BCUT2D eigenvalue weighted by molar-refractivity contribution is 6.18. The van der Waals surface area contributed by atoms with Crippen LogP contribution in [0.25, 0.3) is 22.3 Å². The molecule has 0 atom stereocenters. The third-order valence-electron chi connectivity index (χ3n) is 5.76. The summed E-state index contributed by atoms with van der Waals surface area (Å²) in [7, 11) is 12.3. The molecular formula is C26H18B2. The van der Waals surface area contributed by atoms with Gasteiger partial charge in [0.15, 0.2) is 0 Å². The minimum atomic E-state index is 0.0578. The Labute approximate surface area is 169 Å². The van der Waals surface area contributed by atoms with Crippen molar-refractivity contribution in [2.45, 2.75) is 11.6 Å². The van der Waals surface area contributed by atoms with Gasteiger partial charge < -0.3 is 0 Å². The number of hydrogen-bond acceptors (Lipinski definition) is 0. The van der Waals surface area contributed by atoms with E-state index in [1.807, 2.05) is 24.3 Å². The van der Waals surface area contributed by atoms with Gasteiger partial charge in [0.05, 0.1) is 15.7 Å². The second-order valence-electron chi connectivity index (χ2n) is 7.30. The number of hydrogen-bond donors (Lipinski definition) is 0. The van der Waals surface area contributed by atoms with Crippen molar-refractivity contribution in [1.29, 1.82) is 0 Å². The average molecular weight is 352 g/mol. The summed E-state index contributed by atoms with van der Waals surface area (Å²) in [6.07, 6.45) is 0. The molecule has 4 aromatic carbocycles. The van der Waals surface area contributed by atoms with Gasteiger partial charge in [0, 0.05) is 0 Å². The molecule has 0 aliphatic heterocycles. The van der Waals surface area contributed by atoms with Crippen LogP contribution < -0.4 is 0 Å². The third-order valence-corrected chi connectivity index (χ3v) is 5.76. The lowest BCUT2D eigenvalue weighted by molar-refractivity contribution is 1.20. The molecule has 0 nitrogen and oxygen atoms in total. The highest BCUT2D eigenvalue weighted by atomic mass is 14.2. The van der Waals surface area contributed by atoms with Gasteiger partial charge in [-0.25, -0.2) is 0 Å². The van der Waals surface area contributed by atoms with Crippen LogP contribution in [0.15, 0.2) is 97.1 Å². The van der Waals surface area contributed by atoms with Gasteiger partial charge in [-0.3, -0.25) is 0 Å². The largest absolute Gasteiger partial charge is 0.0828 e. The molecule has 0 saturated carbocycles. The van der Waals surface area contributed by atoms with E-state index < -0.39 is 0 Å². The van der Waals surface area contributed by atoms with Crippen molar-refractivity contribution < 1.29 is 0 Å². The fourth-order valence-corrected chi connectivity index (χ4v) is 4.39. The van der Waals surface area contributed by atoms with Crippen LogP contribution in [-0.2, 0) is 0 Å². The number of benzene rings is 4. The highest BCUT2D eigenvalue weighted by Gasteiger charge is 2.24. The van der Waals surface area contributed by atoms with Crippen molar-refractivity contribution >= 4 is 15.7 Å². The van der Waals surface area contributed by atoms with E-state index in [1.54, 1.807) is 0 Å². The van der Waals surface area contributed by atoms with Crippen molar-refractivity contribution in [3.8, 4) is 22.3 Å². The maximum Gasteiger partial charge on any atom is 0.0828 e. The summed E-state index contributed by atoms with van der Waals surface area (Å²) in [6.45, 7) is 0. The molecule has 4 aromatic rings. The van der Waals surface area contributed by atoms with Crippen LogP contribution >= 0.6 is 0 Å². The van der Waals surface area contributed by atoms with Crippen molar-refractivity contribution in [3.63, 3.8) is 0 Å². The third kappa shape index (κ3) is 2.64. The van der Waals surface area contributed by atoms with Crippen molar-refractivity contribution in [2.75, 3.05) is 0 Å². The molecule has 0 N–H and O–H groups in total. The number of rotatable bonds is 0. The summed E-state index contributed by atoms with van der Waals surface area (Å²) in [5.74, 6) is 0.116. The zero-order valence-corrected chi connectivity index (χ0v) is 15.5. The van der Waals surface area contributed by atoms with E-state index >= 15 is 0 Å². The van der Waals surface area contributed by atoms with Crippen LogP contribution in [0.3, 0.4) is 0 Å².